The molecule has 1 saturated heterocycles. The number of nitrogen functional groups attached to an aromatic ring is 1. The highest BCUT2D eigenvalue weighted by Gasteiger charge is 2.22. The summed E-state index contributed by atoms with van der Waals surface area (Å²) in [5.41, 5.74) is 5.57. The highest BCUT2D eigenvalue weighted by atomic mass is 16.6. The van der Waals surface area contributed by atoms with E-state index in [-0.39, 0.29) is 28.9 Å². The van der Waals surface area contributed by atoms with Crippen molar-refractivity contribution in [2.24, 2.45) is 0 Å². The van der Waals surface area contributed by atoms with Gasteiger partial charge in [-0.3, -0.25) is 14.9 Å². The molecule has 0 aromatic heterocycles. The van der Waals surface area contributed by atoms with Crippen LogP contribution in [-0.2, 0) is 4.74 Å². The van der Waals surface area contributed by atoms with Crippen molar-refractivity contribution in [3.63, 3.8) is 0 Å². The van der Waals surface area contributed by atoms with Crippen LogP contribution in [-0.4, -0.2) is 42.0 Å². The molecule has 7 heteroatoms. The van der Waals surface area contributed by atoms with E-state index >= 15 is 0 Å². The van der Waals surface area contributed by atoms with Crippen molar-refractivity contribution in [2.45, 2.75) is 18.9 Å². The fourth-order valence-corrected chi connectivity index (χ4v) is 2.23. The average Bonchev–Trinajstić information content (AvgIpc) is 2.91. The van der Waals surface area contributed by atoms with Crippen LogP contribution >= 0.6 is 0 Å². The standard InChI is InChI=1S/C13H17N3O4/c1-15(8-10-3-2-6-20-10)13(17)9-4-5-11(14)12(7-9)16(18)19/h4-5,7,10H,2-3,6,8,14H2,1H3. The number of nitrogens with zero attached hydrogens (tertiary/aromatic N) is 2. The van der Waals surface area contributed by atoms with Crippen molar-refractivity contribution in [1.82, 2.24) is 4.90 Å². The summed E-state index contributed by atoms with van der Waals surface area (Å²) in [5.74, 6) is -0.274. The minimum absolute atomic E-state index is 0.0488. The Labute approximate surface area is 116 Å². The molecule has 0 spiro atoms. The predicted octanol–water partition coefficient (Wildman–Crippen LogP) is 1.43. The van der Waals surface area contributed by atoms with Gasteiger partial charge in [-0.15, -0.1) is 0 Å². The fourth-order valence-electron chi connectivity index (χ4n) is 2.23. The van der Waals surface area contributed by atoms with E-state index in [1.54, 1.807) is 7.05 Å². The molecule has 0 aliphatic carbocycles. The van der Waals surface area contributed by atoms with Gasteiger partial charge in [0.1, 0.15) is 5.69 Å². The highest BCUT2D eigenvalue weighted by Crippen LogP contribution is 2.23. The number of ether oxygens (including phenoxy) is 1. The van der Waals surface area contributed by atoms with Crippen LogP contribution in [0.2, 0.25) is 0 Å². The van der Waals surface area contributed by atoms with Crippen LogP contribution in [0, 0.1) is 10.1 Å². The maximum Gasteiger partial charge on any atom is 0.292 e. The van der Waals surface area contributed by atoms with Crippen LogP contribution in [0.3, 0.4) is 0 Å². The monoisotopic (exact) mass is 279 g/mol. The number of nitrogens with two attached hydrogens (primary N) is 1. The lowest BCUT2D eigenvalue weighted by molar-refractivity contribution is -0.383. The van der Waals surface area contributed by atoms with Crippen molar-refractivity contribution < 1.29 is 14.5 Å². The number of likely N-dealkylation sites (N-methyl/N-ethyl adjacent to an activating group) is 1. The van der Waals surface area contributed by atoms with Crippen molar-refractivity contribution in [1.29, 1.82) is 0 Å². The third-order valence-corrected chi connectivity index (χ3v) is 3.32. The number of nitro benzene ring substituents is 1. The summed E-state index contributed by atoms with van der Waals surface area (Å²) in [6, 6.07) is 4.09. The average molecular weight is 279 g/mol. The number of rotatable bonds is 4. The van der Waals surface area contributed by atoms with Gasteiger partial charge in [-0.25, -0.2) is 0 Å². The van der Waals surface area contributed by atoms with E-state index in [4.69, 9.17) is 10.5 Å². The minimum atomic E-state index is -0.591. The van der Waals surface area contributed by atoms with Crippen molar-refractivity contribution >= 4 is 17.3 Å². The fraction of sp³-hybridized carbons (Fsp3) is 0.462. The quantitative estimate of drug-likeness (QED) is 0.510. The molecule has 1 unspecified atom stereocenters. The number of carbonyl (C=O) groups is 1. The van der Waals surface area contributed by atoms with Crippen LogP contribution < -0.4 is 5.73 Å². The molecule has 1 aliphatic rings. The van der Waals surface area contributed by atoms with Gasteiger partial charge < -0.3 is 15.4 Å². The number of hydrogen-bond acceptors (Lipinski definition) is 5. The Kier molecular flexibility index (Phi) is 4.19. The first-order valence-corrected chi connectivity index (χ1v) is 6.40. The maximum atomic E-state index is 12.2. The lowest BCUT2D eigenvalue weighted by atomic mass is 10.1. The zero-order chi connectivity index (χ0) is 14.7. The lowest BCUT2D eigenvalue weighted by Gasteiger charge is -2.20. The van der Waals surface area contributed by atoms with Gasteiger partial charge in [0, 0.05) is 31.8 Å². The summed E-state index contributed by atoms with van der Waals surface area (Å²) >= 11 is 0. The van der Waals surface area contributed by atoms with Crippen LogP contribution in [0.1, 0.15) is 23.2 Å². The van der Waals surface area contributed by atoms with Crippen molar-refractivity contribution in [2.75, 3.05) is 25.9 Å². The summed E-state index contributed by atoms with van der Waals surface area (Å²) in [5, 5.41) is 10.8. The van der Waals surface area contributed by atoms with E-state index < -0.39 is 4.92 Å². The molecule has 108 valence electrons. The van der Waals surface area contributed by atoms with E-state index in [2.05, 4.69) is 0 Å². The second-order valence-corrected chi connectivity index (χ2v) is 4.85. The molecular weight excluding hydrogens is 262 g/mol. The molecule has 0 bridgehead atoms. The molecule has 1 atom stereocenters. The minimum Gasteiger partial charge on any atom is -0.393 e. The molecule has 1 amide bonds. The number of anilines is 1. The van der Waals surface area contributed by atoms with E-state index in [1.165, 1.54) is 23.1 Å². The number of hydrogen-bond donors (Lipinski definition) is 1. The Morgan fingerprint density at radius 3 is 2.95 bits per heavy atom. The van der Waals surface area contributed by atoms with Gasteiger partial charge in [0.2, 0.25) is 0 Å². The molecule has 1 aromatic rings. The first-order valence-electron chi connectivity index (χ1n) is 6.40. The van der Waals surface area contributed by atoms with Gasteiger partial charge in [-0.05, 0) is 25.0 Å². The summed E-state index contributed by atoms with van der Waals surface area (Å²) in [6.07, 6.45) is 1.98. The topological polar surface area (TPSA) is 98.7 Å². The summed E-state index contributed by atoms with van der Waals surface area (Å²) < 4.78 is 5.47. The second-order valence-electron chi connectivity index (χ2n) is 4.85. The Morgan fingerprint density at radius 1 is 1.60 bits per heavy atom. The molecule has 1 fully saturated rings. The van der Waals surface area contributed by atoms with Crippen molar-refractivity contribution in [3.8, 4) is 0 Å². The van der Waals surface area contributed by atoms with E-state index in [1.807, 2.05) is 0 Å². The molecule has 1 aromatic carbocycles. The zero-order valence-corrected chi connectivity index (χ0v) is 11.2. The van der Waals surface area contributed by atoms with Crippen LogP contribution in [0.15, 0.2) is 18.2 Å². The molecular formula is C13H17N3O4. The smallest absolute Gasteiger partial charge is 0.292 e. The molecule has 0 saturated carbocycles. The van der Waals surface area contributed by atoms with E-state index in [0.29, 0.717) is 6.54 Å². The first-order chi connectivity index (χ1) is 9.49. The molecule has 20 heavy (non-hydrogen) atoms. The third kappa shape index (κ3) is 3.05. The number of amides is 1. The first kappa shape index (κ1) is 14.3. The normalized spacial score (nSPS) is 17.9. The van der Waals surface area contributed by atoms with E-state index in [9.17, 15) is 14.9 Å². The Bertz CT molecular complexity index is 526. The molecule has 0 radical (unpaired) electrons. The van der Waals surface area contributed by atoms with Gasteiger partial charge in [0.05, 0.1) is 11.0 Å². The van der Waals surface area contributed by atoms with E-state index in [0.717, 1.165) is 19.4 Å². The Morgan fingerprint density at radius 2 is 2.35 bits per heavy atom. The number of benzene rings is 1. The molecule has 2 N–H and O–H groups in total. The largest absolute Gasteiger partial charge is 0.393 e. The van der Waals surface area contributed by atoms with Gasteiger partial charge in [-0.1, -0.05) is 0 Å². The third-order valence-electron chi connectivity index (χ3n) is 3.32. The van der Waals surface area contributed by atoms with Crippen molar-refractivity contribution in [3.05, 3.63) is 33.9 Å². The highest BCUT2D eigenvalue weighted by molar-refractivity contribution is 5.95. The number of carbonyl (C=O) groups excluding carboxylic acids is 1. The van der Waals surface area contributed by atoms with Crippen LogP contribution in [0.25, 0.3) is 0 Å². The second kappa shape index (κ2) is 5.87. The Balaban J connectivity index is 2.11. The summed E-state index contributed by atoms with van der Waals surface area (Å²) in [4.78, 5) is 24.0. The molecule has 1 heterocycles. The molecule has 7 nitrogen and oxygen atoms in total. The summed E-state index contributed by atoms with van der Waals surface area (Å²) in [7, 11) is 1.66. The summed E-state index contributed by atoms with van der Waals surface area (Å²) in [6.45, 7) is 1.21. The number of nitro groups is 1. The molecule has 2 rings (SSSR count). The molecule has 1 aliphatic heterocycles. The van der Waals surface area contributed by atoms with Gasteiger partial charge >= 0.3 is 0 Å². The van der Waals surface area contributed by atoms with Gasteiger partial charge in [0.15, 0.2) is 0 Å². The SMILES string of the molecule is CN(CC1CCCO1)C(=O)c1ccc(N)c([N+](=O)[O-])c1. The Hall–Kier alpha value is -2.15. The zero-order valence-electron chi connectivity index (χ0n) is 11.2. The predicted molar refractivity (Wildman–Crippen MR) is 73.4 cm³/mol. The van der Waals surface area contributed by atoms with Gasteiger partial charge in [-0.2, -0.15) is 0 Å². The van der Waals surface area contributed by atoms with Crippen LogP contribution in [0.4, 0.5) is 11.4 Å². The van der Waals surface area contributed by atoms with Gasteiger partial charge in [0.25, 0.3) is 11.6 Å². The van der Waals surface area contributed by atoms with Crippen LogP contribution in [0.5, 0.6) is 0 Å². The maximum absolute atomic E-state index is 12.2. The lowest BCUT2D eigenvalue weighted by Crippen LogP contribution is -2.34.